The normalized spacial score (nSPS) is 50.2. The Kier molecular flexibility index (Phi) is 3.40. The van der Waals surface area contributed by atoms with E-state index < -0.39 is 11.9 Å². The van der Waals surface area contributed by atoms with Gasteiger partial charge >= 0.3 is 5.97 Å². The number of carbonyl (C=O) groups excluding carboxylic acids is 1. The molecule has 0 aromatic heterocycles. The summed E-state index contributed by atoms with van der Waals surface area (Å²) in [6, 6.07) is 0.172. The lowest BCUT2D eigenvalue weighted by atomic mass is 9.48. The Morgan fingerprint density at radius 3 is 2.00 bits per heavy atom. The summed E-state index contributed by atoms with van der Waals surface area (Å²) in [5.41, 5.74) is 0.274. The quantitative estimate of drug-likeness (QED) is 0.770. The van der Waals surface area contributed by atoms with Crippen LogP contribution in [0.3, 0.4) is 0 Å². The number of fused-ring (bicyclic) bond motifs is 2. The first-order chi connectivity index (χ1) is 11.9. The van der Waals surface area contributed by atoms with E-state index >= 15 is 0 Å². The summed E-state index contributed by atoms with van der Waals surface area (Å²) in [5, 5.41) is 12.9. The Morgan fingerprint density at radius 2 is 1.48 bits per heavy atom. The van der Waals surface area contributed by atoms with Crippen LogP contribution in [0.5, 0.6) is 0 Å². The molecule has 6 bridgehead atoms. The number of nitrogens with one attached hydrogen (secondary N) is 1. The summed E-state index contributed by atoms with van der Waals surface area (Å²) in [6.45, 7) is 2.18. The zero-order valence-corrected chi connectivity index (χ0v) is 15.0. The fraction of sp³-hybridized carbons (Fsp3) is 0.810. The maximum atomic E-state index is 13.0. The van der Waals surface area contributed by atoms with Crippen LogP contribution in [0.4, 0.5) is 0 Å². The highest BCUT2D eigenvalue weighted by molar-refractivity contribution is 5.87. The smallest absolute Gasteiger partial charge is 0.307 e. The molecule has 6 aliphatic rings. The molecular weight excluding hydrogens is 314 g/mol. The monoisotopic (exact) mass is 343 g/mol. The van der Waals surface area contributed by atoms with E-state index in [1.807, 2.05) is 6.08 Å². The number of carboxylic acid groups (broad SMARTS) is 1. The first-order valence-corrected chi connectivity index (χ1v) is 10.2. The molecule has 4 nitrogen and oxygen atoms in total. The molecule has 6 aliphatic carbocycles. The van der Waals surface area contributed by atoms with E-state index in [9.17, 15) is 14.7 Å². The summed E-state index contributed by atoms with van der Waals surface area (Å²) in [6.07, 6.45) is 12.9. The second kappa shape index (κ2) is 5.34. The molecule has 0 saturated heterocycles. The van der Waals surface area contributed by atoms with Gasteiger partial charge in [-0.25, -0.2) is 0 Å². The van der Waals surface area contributed by atoms with Gasteiger partial charge in [-0.3, -0.25) is 9.59 Å². The standard InChI is InChI=1S/C21H29NO3/c1-11(21-8-12-4-13(9-21)6-14(5-12)10-21)22-19(23)17-15-2-3-16(7-15)18(17)20(24)25/h2-3,11-18H,4-10H2,1H3,(H,22,23)(H,24,25)/t11-,12?,13?,14?,15-,16-,17+,18+,21?/m0/s1. The minimum Gasteiger partial charge on any atom is -0.481 e. The summed E-state index contributed by atoms with van der Waals surface area (Å²) in [5.74, 6) is 1.05. The van der Waals surface area contributed by atoms with E-state index in [-0.39, 0.29) is 35.1 Å². The molecule has 2 N–H and O–H groups in total. The van der Waals surface area contributed by atoms with Crippen molar-refractivity contribution in [3.05, 3.63) is 12.2 Å². The van der Waals surface area contributed by atoms with Gasteiger partial charge in [0.05, 0.1) is 11.8 Å². The van der Waals surface area contributed by atoms with E-state index in [0.717, 1.165) is 24.2 Å². The van der Waals surface area contributed by atoms with Gasteiger partial charge in [-0.1, -0.05) is 12.2 Å². The first kappa shape index (κ1) is 15.9. The van der Waals surface area contributed by atoms with Crippen LogP contribution in [-0.4, -0.2) is 23.0 Å². The summed E-state index contributed by atoms with van der Waals surface area (Å²) in [4.78, 5) is 24.7. The average Bonchev–Trinajstić information content (AvgIpc) is 3.14. The van der Waals surface area contributed by atoms with Crippen molar-refractivity contribution in [1.29, 1.82) is 0 Å². The zero-order chi connectivity index (χ0) is 17.3. The Hall–Kier alpha value is -1.32. The lowest BCUT2D eigenvalue weighted by Gasteiger charge is -2.59. The fourth-order valence-corrected chi connectivity index (χ4v) is 7.69. The van der Waals surface area contributed by atoms with Gasteiger partial charge in [0.25, 0.3) is 0 Å². The maximum Gasteiger partial charge on any atom is 0.307 e. The molecule has 5 saturated carbocycles. The van der Waals surface area contributed by atoms with Crippen molar-refractivity contribution >= 4 is 11.9 Å². The maximum absolute atomic E-state index is 13.0. The summed E-state index contributed by atoms with van der Waals surface area (Å²) < 4.78 is 0. The number of aliphatic carboxylic acids is 1. The van der Waals surface area contributed by atoms with Gasteiger partial charge in [0, 0.05) is 6.04 Å². The number of hydrogen-bond donors (Lipinski definition) is 2. The molecule has 0 aliphatic heterocycles. The van der Waals surface area contributed by atoms with Crippen molar-refractivity contribution in [2.45, 2.75) is 57.9 Å². The summed E-state index contributed by atoms with van der Waals surface area (Å²) >= 11 is 0. The van der Waals surface area contributed by atoms with Gasteiger partial charge in [-0.15, -0.1) is 0 Å². The third-order valence-corrected chi connectivity index (χ3v) is 8.41. The molecule has 4 heteroatoms. The fourth-order valence-electron chi connectivity index (χ4n) is 7.69. The van der Waals surface area contributed by atoms with Crippen molar-refractivity contribution in [3.8, 4) is 0 Å². The van der Waals surface area contributed by atoms with Gasteiger partial charge in [0.1, 0.15) is 0 Å². The molecule has 5 atom stereocenters. The van der Waals surface area contributed by atoms with Gasteiger partial charge in [0.2, 0.25) is 5.91 Å². The molecule has 5 fully saturated rings. The van der Waals surface area contributed by atoms with E-state index in [4.69, 9.17) is 0 Å². The number of hydrogen-bond acceptors (Lipinski definition) is 2. The first-order valence-electron chi connectivity index (χ1n) is 10.2. The Morgan fingerprint density at radius 1 is 0.960 bits per heavy atom. The lowest BCUT2D eigenvalue weighted by Crippen LogP contribution is -2.57. The van der Waals surface area contributed by atoms with E-state index in [1.165, 1.54) is 38.5 Å². The van der Waals surface area contributed by atoms with Crippen molar-refractivity contribution in [2.75, 3.05) is 0 Å². The SMILES string of the molecule is C[C@H](NC(=O)[C@H]1[C@H](C(=O)O)[C@H]2C=C[C@H]1C2)C12CC3CC(CC(C3)C1)C2. The highest BCUT2D eigenvalue weighted by Crippen LogP contribution is 2.61. The van der Waals surface area contributed by atoms with E-state index in [1.54, 1.807) is 0 Å². The van der Waals surface area contributed by atoms with Crippen LogP contribution in [-0.2, 0) is 9.59 Å². The van der Waals surface area contributed by atoms with Crippen molar-refractivity contribution in [3.63, 3.8) is 0 Å². The molecule has 1 amide bonds. The van der Waals surface area contributed by atoms with Crippen molar-refractivity contribution < 1.29 is 14.7 Å². The topological polar surface area (TPSA) is 66.4 Å². The minimum atomic E-state index is -0.806. The van der Waals surface area contributed by atoms with Gasteiger partial charge in [-0.05, 0) is 86.9 Å². The van der Waals surface area contributed by atoms with E-state index in [2.05, 4.69) is 18.3 Å². The Balaban J connectivity index is 1.33. The van der Waals surface area contributed by atoms with E-state index in [0.29, 0.717) is 0 Å². The second-order valence-corrected chi connectivity index (χ2v) is 9.85. The number of carboxylic acids is 1. The molecule has 0 unspecified atom stereocenters. The molecular formula is C21H29NO3. The molecule has 25 heavy (non-hydrogen) atoms. The lowest BCUT2D eigenvalue weighted by molar-refractivity contribution is -0.148. The van der Waals surface area contributed by atoms with Crippen molar-refractivity contribution in [1.82, 2.24) is 5.32 Å². The highest BCUT2D eigenvalue weighted by Gasteiger charge is 2.55. The van der Waals surface area contributed by atoms with Gasteiger partial charge < -0.3 is 10.4 Å². The minimum absolute atomic E-state index is 0.00695. The number of rotatable bonds is 4. The highest BCUT2D eigenvalue weighted by atomic mass is 16.4. The second-order valence-electron chi connectivity index (χ2n) is 9.85. The van der Waals surface area contributed by atoms with Crippen LogP contribution < -0.4 is 5.32 Å². The Labute approximate surface area is 149 Å². The van der Waals surface area contributed by atoms with Gasteiger partial charge in [-0.2, -0.15) is 0 Å². The third-order valence-electron chi connectivity index (χ3n) is 8.41. The van der Waals surface area contributed by atoms with Crippen LogP contribution in [0.1, 0.15) is 51.9 Å². The van der Waals surface area contributed by atoms with Crippen LogP contribution in [0.15, 0.2) is 12.2 Å². The molecule has 0 spiro atoms. The van der Waals surface area contributed by atoms with Crippen molar-refractivity contribution in [2.24, 2.45) is 46.8 Å². The van der Waals surface area contributed by atoms with Crippen LogP contribution in [0, 0.1) is 46.8 Å². The molecule has 0 aromatic rings. The number of allylic oxidation sites excluding steroid dienone is 2. The third kappa shape index (κ3) is 2.32. The number of amides is 1. The Bertz CT molecular complexity index is 604. The largest absolute Gasteiger partial charge is 0.481 e. The molecule has 0 heterocycles. The van der Waals surface area contributed by atoms with Crippen LogP contribution in [0.2, 0.25) is 0 Å². The predicted octanol–water partition coefficient (Wildman–Crippen LogP) is 3.23. The molecule has 0 radical (unpaired) electrons. The predicted molar refractivity (Wildman–Crippen MR) is 93.6 cm³/mol. The molecule has 6 rings (SSSR count). The zero-order valence-electron chi connectivity index (χ0n) is 15.0. The summed E-state index contributed by atoms with van der Waals surface area (Å²) in [7, 11) is 0. The molecule has 0 aromatic carbocycles. The van der Waals surface area contributed by atoms with Crippen LogP contribution >= 0.6 is 0 Å². The molecule has 136 valence electrons. The average molecular weight is 343 g/mol. The van der Waals surface area contributed by atoms with Crippen LogP contribution in [0.25, 0.3) is 0 Å². The van der Waals surface area contributed by atoms with Gasteiger partial charge in [0.15, 0.2) is 0 Å². The number of carbonyl (C=O) groups is 2.